The van der Waals surface area contributed by atoms with Crippen LogP contribution in [-0.4, -0.2) is 66.2 Å². The normalized spacial score (nSPS) is 27.8. The third kappa shape index (κ3) is 3.78. The minimum Gasteiger partial charge on any atom is -0.378 e. The van der Waals surface area contributed by atoms with Gasteiger partial charge in [0.1, 0.15) is 5.54 Å². The number of likely N-dealkylation sites (tertiary alicyclic amines) is 1. The van der Waals surface area contributed by atoms with Gasteiger partial charge in [0.05, 0.1) is 11.8 Å². The lowest BCUT2D eigenvalue weighted by Gasteiger charge is -2.43. The Labute approximate surface area is 177 Å². The molecule has 3 fully saturated rings. The van der Waals surface area contributed by atoms with Gasteiger partial charge >= 0.3 is 6.03 Å². The van der Waals surface area contributed by atoms with Crippen LogP contribution in [0.4, 0.5) is 10.5 Å². The van der Waals surface area contributed by atoms with Gasteiger partial charge in [0.25, 0.3) is 5.91 Å². The lowest BCUT2D eigenvalue weighted by atomic mass is 9.85. The molecule has 1 aromatic rings. The van der Waals surface area contributed by atoms with Crippen molar-refractivity contribution in [2.45, 2.75) is 51.2 Å². The molecule has 0 aromatic heterocycles. The van der Waals surface area contributed by atoms with E-state index in [0.717, 1.165) is 39.1 Å². The molecule has 3 saturated heterocycles. The molecule has 158 valence electrons. The third-order valence-corrected chi connectivity index (χ3v) is 6.99. The summed E-state index contributed by atoms with van der Waals surface area (Å²) in [5.41, 5.74) is -0.122. The average Bonchev–Trinajstić information content (AvgIpc) is 2.91. The maximum Gasteiger partial charge on any atom is 0.332 e. The number of rotatable bonds is 4. The first kappa shape index (κ1) is 20.6. The summed E-state index contributed by atoms with van der Waals surface area (Å²) in [6.45, 7) is 8.21. The molecule has 4 rings (SSSR count). The summed E-state index contributed by atoms with van der Waals surface area (Å²) in [5, 5.41) is 0.589. The number of imide groups is 1. The van der Waals surface area contributed by atoms with Crippen molar-refractivity contribution in [2.75, 3.05) is 37.7 Å². The van der Waals surface area contributed by atoms with Crippen molar-refractivity contribution in [3.05, 3.63) is 29.3 Å². The van der Waals surface area contributed by atoms with Crippen LogP contribution in [0.15, 0.2) is 24.3 Å². The smallest absolute Gasteiger partial charge is 0.332 e. The Kier molecular flexibility index (Phi) is 5.87. The zero-order valence-corrected chi connectivity index (χ0v) is 18.0. The van der Waals surface area contributed by atoms with Crippen LogP contribution in [0.25, 0.3) is 0 Å². The summed E-state index contributed by atoms with van der Waals surface area (Å²) in [5.74, 6) is 0.563. The van der Waals surface area contributed by atoms with Crippen molar-refractivity contribution in [3.8, 4) is 0 Å². The molecular formula is C22H30ClN3O3. The van der Waals surface area contributed by atoms with Crippen molar-refractivity contribution in [2.24, 2.45) is 5.92 Å². The highest BCUT2D eigenvalue weighted by atomic mass is 35.5. The zero-order valence-electron chi connectivity index (χ0n) is 17.3. The van der Waals surface area contributed by atoms with E-state index in [4.69, 9.17) is 16.3 Å². The molecule has 7 heteroatoms. The van der Waals surface area contributed by atoms with Gasteiger partial charge < -0.3 is 14.5 Å². The lowest BCUT2D eigenvalue weighted by molar-refractivity contribution is -0.127. The Morgan fingerprint density at radius 3 is 2.48 bits per heavy atom. The number of carbonyl (C=O) groups excluding carboxylic acids is 2. The van der Waals surface area contributed by atoms with Gasteiger partial charge in [-0.25, -0.2) is 9.69 Å². The third-order valence-electron chi connectivity index (χ3n) is 6.73. The van der Waals surface area contributed by atoms with Crippen LogP contribution in [0, 0.1) is 5.92 Å². The van der Waals surface area contributed by atoms with E-state index in [1.165, 1.54) is 4.90 Å². The Morgan fingerprint density at radius 1 is 1.17 bits per heavy atom. The molecule has 3 aliphatic heterocycles. The van der Waals surface area contributed by atoms with Crippen LogP contribution >= 0.6 is 11.6 Å². The molecule has 3 heterocycles. The minimum absolute atomic E-state index is 0.0917. The first-order valence-corrected chi connectivity index (χ1v) is 11.1. The first-order valence-electron chi connectivity index (χ1n) is 10.7. The molecule has 0 radical (unpaired) electrons. The largest absolute Gasteiger partial charge is 0.378 e. The minimum atomic E-state index is -0.717. The number of halogens is 1. The SMILES string of the molecule is CCN1C(=O)N(c2ccc(Cl)cc2)C(=O)C12CCN(C[C@@H]1CCO[C@@H](C)C1)CC2. The highest BCUT2D eigenvalue weighted by Crippen LogP contribution is 2.39. The fraction of sp³-hybridized carbons (Fsp3) is 0.636. The Balaban J connectivity index is 1.47. The molecule has 29 heavy (non-hydrogen) atoms. The number of likely N-dealkylation sites (N-methyl/N-ethyl adjacent to an activating group) is 1. The zero-order chi connectivity index (χ0) is 20.6. The number of amides is 3. The van der Waals surface area contributed by atoms with E-state index < -0.39 is 5.54 Å². The second-order valence-electron chi connectivity index (χ2n) is 8.55. The number of carbonyl (C=O) groups is 2. The number of hydrogen-bond acceptors (Lipinski definition) is 4. The summed E-state index contributed by atoms with van der Waals surface area (Å²) in [4.78, 5) is 32.2. The molecule has 0 N–H and O–H groups in total. The van der Waals surface area contributed by atoms with Crippen LogP contribution in [0.2, 0.25) is 5.02 Å². The molecule has 0 aliphatic carbocycles. The predicted octanol–water partition coefficient (Wildman–Crippen LogP) is 3.78. The van der Waals surface area contributed by atoms with Gasteiger partial charge in [-0.05, 0) is 69.7 Å². The first-order chi connectivity index (χ1) is 13.9. The molecular weight excluding hydrogens is 390 g/mol. The molecule has 0 saturated carbocycles. The summed E-state index contributed by atoms with van der Waals surface area (Å²) in [6, 6.07) is 6.71. The highest BCUT2D eigenvalue weighted by molar-refractivity contribution is 6.31. The van der Waals surface area contributed by atoms with E-state index in [1.807, 2.05) is 6.92 Å². The van der Waals surface area contributed by atoms with E-state index in [1.54, 1.807) is 29.2 Å². The van der Waals surface area contributed by atoms with Crippen LogP contribution in [0.5, 0.6) is 0 Å². The van der Waals surface area contributed by atoms with Crippen LogP contribution in [-0.2, 0) is 9.53 Å². The summed E-state index contributed by atoms with van der Waals surface area (Å²) < 4.78 is 5.67. The second-order valence-corrected chi connectivity index (χ2v) is 8.98. The lowest BCUT2D eigenvalue weighted by Crippen LogP contribution is -2.57. The standard InChI is InChI=1S/C22H30ClN3O3/c1-3-25-21(28)26(19-6-4-18(23)5-7-19)20(27)22(25)9-11-24(12-10-22)15-17-8-13-29-16(2)14-17/h4-7,16-17H,3,8-15H2,1-2H3/t16-,17+/m0/s1. The van der Waals surface area contributed by atoms with Crippen molar-refractivity contribution < 1.29 is 14.3 Å². The van der Waals surface area contributed by atoms with Crippen molar-refractivity contribution in [3.63, 3.8) is 0 Å². The van der Waals surface area contributed by atoms with E-state index in [9.17, 15) is 9.59 Å². The fourth-order valence-electron chi connectivity index (χ4n) is 5.18. The number of nitrogens with zero attached hydrogens (tertiary/aromatic N) is 3. The quantitative estimate of drug-likeness (QED) is 0.697. The van der Waals surface area contributed by atoms with Gasteiger partial charge in [0.2, 0.25) is 0 Å². The van der Waals surface area contributed by atoms with Crippen molar-refractivity contribution >= 4 is 29.2 Å². The Morgan fingerprint density at radius 2 is 1.86 bits per heavy atom. The monoisotopic (exact) mass is 419 g/mol. The van der Waals surface area contributed by atoms with Gasteiger partial charge in [-0.1, -0.05) is 11.6 Å². The highest BCUT2D eigenvalue weighted by Gasteiger charge is 2.57. The van der Waals surface area contributed by atoms with E-state index >= 15 is 0 Å². The van der Waals surface area contributed by atoms with Gasteiger partial charge in [0, 0.05) is 37.8 Å². The molecule has 6 nitrogen and oxygen atoms in total. The number of urea groups is 1. The van der Waals surface area contributed by atoms with Crippen molar-refractivity contribution in [1.29, 1.82) is 0 Å². The topological polar surface area (TPSA) is 53.1 Å². The van der Waals surface area contributed by atoms with Crippen LogP contribution in [0.3, 0.4) is 0 Å². The Bertz CT molecular complexity index is 761. The summed E-state index contributed by atoms with van der Waals surface area (Å²) in [7, 11) is 0. The second kappa shape index (κ2) is 8.25. The van der Waals surface area contributed by atoms with E-state index in [2.05, 4.69) is 11.8 Å². The number of anilines is 1. The maximum absolute atomic E-state index is 13.5. The molecule has 3 aliphatic rings. The molecule has 0 bridgehead atoms. The van der Waals surface area contributed by atoms with Gasteiger partial charge in [-0.3, -0.25) is 4.79 Å². The van der Waals surface area contributed by atoms with Crippen molar-refractivity contribution in [1.82, 2.24) is 9.80 Å². The Hall–Kier alpha value is -1.63. The fourth-order valence-corrected chi connectivity index (χ4v) is 5.31. The van der Waals surface area contributed by atoms with Gasteiger partial charge in [-0.2, -0.15) is 0 Å². The molecule has 3 amide bonds. The summed E-state index contributed by atoms with van der Waals surface area (Å²) in [6.07, 6.45) is 3.92. The number of benzene rings is 1. The number of hydrogen-bond donors (Lipinski definition) is 0. The average molecular weight is 420 g/mol. The molecule has 0 unspecified atom stereocenters. The predicted molar refractivity (Wildman–Crippen MR) is 113 cm³/mol. The van der Waals surface area contributed by atoms with Crippen LogP contribution < -0.4 is 4.90 Å². The van der Waals surface area contributed by atoms with Crippen LogP contribution in [0.1, 0.15) is 39.5 Å². The number of piperidine rings is 1. The van der Waals surface area contributed by atoms with E-state index in [0.29, 0.717) is 42.1 Å². The molecule has 1 aromatic carbocycles. The summed E-state index contributed by atoms with van der Waals surface area (Å²) >= 11 is 5.98. The maximum atomic E-state index is 13.5. The van der Waals surface area contributed by atoms with E-state index in [-0.39, 0.29) is 11.9 Å². The molecule has 2 atom stereocenters. The van der Waals surface area contributed by atoms with Gasteiger partial charge in [0.15, 0.2) is 0 Å². The number of ether oxygens (including phenoxy) is 1. The molecule has 1 spiro atoms. The van der Waals surface area contributed by atoms with Gasteiger partial charge in [-0.15, -0.1) is 0 Å².